The third kappa shape index (κ3) is 4.77. The van der Waals surface area contributed by atoms with Crippen LogP contribution in [0.3, 0.4) is 0 Å². The van der Waals surface area contributed by atoms with E-state index in [9.17, 15) is 4.79 Å². The van der Waals surface area contributed by atoms with Gasteiger partial charge in [-0.3, -0.25) is 4.79 Å². The minimum atomic E-state index is 0.115. The Morgan fingerprint density at radius 3 is 3.05 bits per heavy atom. The van der Waals surface area contributed by atoms with Crippen LogP contribution in [0.4, 0.5) is 0 Å². The van der Waals surface area contributed by atoms with Crippen LogP contribution >= 0.6 is 0 Å². The molecule has 3 N–H and O–H groups in total. The lowest BCUT2D eigenvalue weighted by molar-refractivity contribution is -0.122. The number of nitrogens with zero attached hydrogens (tertiary/aromatic N) is 2. The molecule has 116 valence electrons. The molecule has 0 bridgehead atoms. The van der Waals surface area contributed by atoms with Crippen LogP contribution in [0, 0.1) is 0 Å². The van der Waals surface area contributed by atoms with Crippen LogP contribution in [0.5, 0.6) is 0 Å². The molecule has 1 aromatic rings. The molecule has 21 heavy (non-hydrogen) atoms. The lowest BCUT2D eigenvalue weighted by Gasteiger charge is -2.25. The number of rotatable bonds is 5. The van der Waals surface area contributed by atoms with Gasteiger partial charge in [0.2, 0.25) is 5.91 Å². The molecule has 7 nitrogen and oxygen atoms in total. The number of amides is 1. The molecule has 1 fully saturated rings. The third-order valence-electron chi connectivity index (χ3n) is 3.31. The standard InChI is InChI=1S/C14H23N5O2/c1-3-10-7-12(21-19-10)9-17-14(15-4-2)18-11-5-6-13(20)16-8-11/h7,11H,3-6,8-9H2,1-2H3,(H,16,20)(H2,15,17,18). The van der Waals surface area contributed by atoms with Crippen molar-refractivity contribution >= 4 is 11.9 Å². The second kappa shape index (κ2) is 7.66. The van der Waals surface area contributed by atoms with Gasteiger partial charge in [0.05, 0.1) is 5.69 Å². The first-order valence-corrected chi connectivity index (χ1v) is 7.47. The van der Waals surface area contributed by atoms with E-state index in [4.69, 9.17) is 4.52 Å². The number of nitrogens with one attached hydrogen (secondary N) is 3. The highest BCUT2D eigenvalue weighted by Gasteiger charge is 2.18. The number of aromatic nitrogens is 1. The highest BCUT2D eigenvalue weighted by atomic mass is 16.5. The van der Waals surface area contributed by atoms with Crippen LogP contribution in [0.25, 0.3) is 0 Å². The summed E-state index contributed by atoms with van der Waals surface area (Å²) in [5, 5.41) is 13.3. The summed E-state index contributed by atoms with van der Waals surface area (Å²) in [4.78, 5) is 15.6. The molecule has 1 unspecified atom stereocenters. The summed E-state index contributed by atoms with van der Waals surface area (Å²) in [5.74, 6) is 1.60. The van der Waals surface area contributed by atoms with Gasteiger partial charge in [0.15, 0.2) is 11.7 Å². The number of hydrogen-bond donors (Lipinski definition) is 3. The molecule has 2 rings (SSSR count). The first-order valence-electron chi connectivity index (χ1n) is 7.47. The van der Waals surface area contributed by atoms with Gasteiger partial charge in [0.25, 0.3) is 0 Å². The summed E-state index contributed by atoms with van der Waals surface area (Å²) in [6, 6.07) is 2.13. The van der Waals surface area contributed by atoms with Crippen LogP contribution in [-0.2, 0) is 17.8 Å². The minimum absolute atomic E-state index is 0.115. The number of aryl methyl sites for hydroxylation is 1. The van der Waals surface area contributed by atoms with Gasteiger partial charge in [-0.1, -0.05) is 12.1 Å². The Morgan fingerprint density at radius 1 is 1.57 bits per heavy atom. The van der Waals surface area contributed by atoms with E-state index >= 15 is 0 Å². The van der Waals surface area contributed by atoms with Crippen LogP contribution < -0.4 is 16.0 Å². The molecule has 1 saturated heterocycles. The molecule has 1 aliphatic heterocycles. The number of carbonyl (C=O) groups is 1. The fraction of sp³-hybridized carbons (Fsp3) is 0.643. The average molecular weight is 293 g/mol. The van der Waals surface area contributed by atoms with Crippen LogP contribution in [0.15, 0.2) is 15.6 Å². The normalized spacial score (nSPS) is 19.2. The zero-order valence-electron chi connectivity index (χ0n) is 12.6. The molecular weight excluding hydrogens is 270 g/mol. The maximum atomic E-state index is 11.2. The van der Waals surface area contributed by atoms with Crippen molar-refractivity contribution in [3.05, 3.63) is 17.5 Å². The first-order chi connectivity index (χ1) is 10.2. The van der Waals surface area contributed by atoms with Gasteiger partial charge in [-0.2, -0.15) is 0 Å². The Bertz CT molecular complexity index is 487. The molecule has 1 aliphatic rings. The van der Waals surface area contributed by atoms with E-state index in [1.54, 1.807) is 0 Å². The van der Waals surface area contributed by atoms with Crippen LogP contribution in [0.2, 0.25) is 0 Å². The number of piperidine rings is 1. The highest BCUT2D eigenvalue weighted by molar-refractivity contribution is 5.81. The average Bonchev–Trinajstić information content (AvgIpc) is 2.95. The van der Waals surface area contributed by atoms with Gasteiger partial charge in [-0.15, -0.1) is 0 Å². The van der Waals surface area contributed by atoms with E-state index in [0.29, 0.717) is 19.5 Å². The third-order valence-corrected chi connectivity index (χ3v) is 3.31. The maximum absolute atomic E-state index is 11.2. The van der Waals surface area contributed by atoms with Crippen molar-refractivity contribution in [2.45, 2.75) is 45.7 Å². The summed E-state index contributed by atoms with van der Waals surface area (Å²) in [5.41, 5.74) is 0.938. The quantitative estimate of drug-likeness (QED) is 0.545. The van der Waals surface area contributed by atoms with E-state index in [1.807, 2.05) is 19.9 Å². The Balaban J connectivity index is 1.90. The predicted molar refractivity (Wildman–Crippen MR) is 79.9 cm³/mol. The monoisotopic (exact) mass is 293 g/mol. The lowest BCUT2D eigenvalue weighted by atomic mass is 10.1. The SMILES string of the molecule is CCNC(=NCc1cc(CC)no1)NC1CCC(=O)NC1. The smallest absolute Gasteiger partial charge is 0.220 e. The van der Waals surface area contributed by atoms with E-state index < -0.39 is 0 Å². The van der Waals surface area contributed by atoms with E-state index in [1.165, 1.54) is 0 Å². The second-order valence-electron chi connectivity index (χ2n) is 5.02. The van der Waals surface area contributed by atoms with Crippen molar-refractivity contribution < 1.29 is 9.32 Å². The summed E-state index contributed by atoms with van der Waals surface area (Å²) in [6.45, 7) is 5.91. The Hall–Kier alpha value is -2.05. The van der Waals surface area contributed by atoms with Gasteiger partial charge >= 0.3 is 0 Å². The molecule has 0 aromatic carbocycles. The molecule has 1 amide bonds. The van der Waals surface area contributed by atoms with Crippen molar-refractivity contribution in [3.63, 3.8) is 0 Å². The van der Waals surface area contributed by atoms with Gasteiger partial charge in [0, 0.05) is 31.6 Å². The van der Waals surface area contributed by atoms with E-state index in [-0.39, 0.29) is 11.9 Å². The molecule has 2 heterocycles. The summed E-state index contributed by atoms with van der Waals surface area (Å²) in [6.07, 6.45) is 2.23. The maximum Gasteiger partial charge on any atom is 0.220 e. The Morgan fingerprint density at radius 2 is 2.43 bits per heavy atom. The van der Waals surface area contributed by atoms with Gasteiger partial charge in [-0.05, 0) is 19.8 Å². The van der Waals surface area contributed by atoms with E-state index in [0.717, 1.165) is 36.8 Å². The van der Waals surface area contributed by atoms with E-state index in [2.05, 4.69) is 26.1 Å². The molecule has 1 atom stereocenters. The molecule has 0 saturated carbocycles. The minimum Gasteiger partial charge on any atom is -0.359 e. The van der Waals surface area contributed by atoms with Crippen molar-refractivity contribution in [2.24, 2.45) is 4.99 Å². The van der Waals surface area contributed by atoms with Crippen molar-refractivity contribution in [1.82, 2.24) is 21.1 Å². The van der Waals surface area contributed by atoms with Gasteiger partial charge < -0.3 is 20.5 Å². The van der Waals surface area contributed by atoms with Gasteiger partial charge in [0.1, 0.15) is 6.54 Å². The summed E-state index contributed by atoms with van der Waals surface area (Å²) < 4.78 is 5.22. The zero-order valence-corrected chi connectivity index (χ0v) is 12.6. The summed E-state index contributed by atoms with van der Waals surface area (Å²) >= 11 is 0. The second-order valence-corrected chi connectivity index (χ2v) is 5.02. The number of aliphatic imine (C=N–C) groups is 1. The molecule has 0 spiro atoms. The topological polar surface area (TPSA) is 91.6 Å². The largest absolute Gasteiger partial charge is 0.359 e. The summed E-state index contributed by atoms with van der Waals surface area (Å²) in [7, 11) is 0. The number of guanidine groups is 1. The molecular formula is C14H23N5O2. The predicted octanol–water partition coefficient (Wildman–Crippen LogP) is 0.571. The fourth-order valence-corrected chi connectivity index (χ4v) is 2.12. The van der Waals surface area contributed by atoms with Crippen molar-refractivity contribution in [1.29, 1.82) is 0 Å². The zero-order chi connectivity index (χ0) is 15.1. The molecule has 0 aliphatic carbocycles. The highest BCUT2D eigenvalue weighted by Crippen LogP contribution is 2.06. The number of hydrogen-bond acceptors (Lipinski definition) is 4. The van der Waals surface area contributed by atoms with Gasteiger partial charge in [-0.25, -0.2) is 4.99 Å². The molecule has 1 aromatic heterocycles. The first kappa shape index (κ1) is 15.3. The lowest BCUT2D eigenvalue weighted by Crippen LogP contribution is -2.51. The molecule has 0 radical (unpaired) electrons. The Kier molecular flexibility index (Phi) is 5.59. The van der Waals surface area contributed by atoms with Crippen molar-refractivity contribution in [2.75, 3.05) is 13.1 Å². The van der Waals surface area contributed by atoms with Crippen LogP contribution in [0.1, 0.15) is 38.1 Å². The Labute approximate surface area is 124 Å². The molecule has 7 heteroatoms. The number of carbonyl (C=O) groups excluding carboxylic acids is 1. The van der Waals surface area contributed by atoms with Crippen LogP contribution in [-0.4, -0.2) is 36.2 Å². The fourth-order valence-electron chi connectivity index (χ4n) is 2.12. The van der Waals surface area contributed by atoms with Crippen molar-refractivity contribution in [3.8, 4) is 0 Å².